The molecule has 13 heteroatoms. The van der Waals surface area contributed by atoms with Gasteiger partial charge >= 0.3 is 0 Å². The minimum atomic E-state index is -1.41. The molecule has 2 N–H and O–H groups in total. The molecule has 2 aliphatic heterocycles. The van der Waals surface area contributed by atoms with Crippen molar-refractivity contribution in [2.24, 2.45) is 28.8 Å². The first-order chi connectivity index (χ1) is 32.3. The molecular formula is C53H66N2O11. The van der Waals surface area contributed by atoms with Crippen molar-refractivity contribution < 1.29 is 53.1 Å². The van der Waals surface area contributed by atoms with E-state index in [1.807, 2.05) is 48.2 Å². The Bertz CT molecular complexity index is 2240. The number of carbonyl (C=O) groups is 2. The number of hydrogen-bond donors (Lipinski definition) is 2. The molecule has 8 rings (SSSR count). The maximum Gasteiger partial charge on any atom is 0.239 e. The minimum absolute atomic E-state index is 0.00963. The van der Waals surface area contributed by atoms with Gasteiger partial charge < -0.3 is 48.4 Å². The number of aldehydes is 1. The van der Waals surface area contributed by atoms with E-state index in [2.05, 4.69) is 12.7 Å². The highest BCUT2D eigenvalue weighted by Crippen LogP contribution is 2.62. The van der Waals surface area contributed by atoms with E-state index >= 15 is 4.79 Å². The van der Waals surface area contributed by atoms with Crippen molar-refractivity contribution in [3.8, 4) is 34.5 Å². The summed E-state index contributed by atoms with van der Waals surface area (Å²) in [5.74, 6) is 1.90. The van der Waals surface area contributed by atoms with E-state index in [1.165, 1.54) is 20.0 Å². The van der Waals surface area contributed by atoms with Gasteiger partial charge in [0.1, 0.15) is 35.6 Å². The van der Waals surface area contributed by atoms with Crippen molar-refractivity contribution in [1.29, 1.82) is 0 Å². The Morgan fingerprint density at radius 1 is 0.939 bits per heavy atom. The molecule has 6 atom stereocenters. The number of ether oxygens (including phenoxy) is 6. The number of unbranched alkanes of at least 4 members (excludes halogenated alkanes) is 2. The van der Waals surface area contributed by atoms with Gasteiger partial charge in [0.05, 0.1) is 30.9 Å². The van der Waals surface area contributed by atoms with Gasteiger partial charge in [-0.15, -0.1) is 6.58 Å². The maximum atomic E-state index is 15.2. The summed E-state index contributed by atoms with van der Waals surface area (Å²) in [7, 11) is 1.52. The predicted octanol–water partition coefficient (Wildman–Crippen LogP) is 9.68. The summed E-state index contributed by atoms with van der Waals surface area (Å²) in [5, 5.41) is 24.9. The summed E-state index contributed by atoms with van der Waals surface area (Å²) in [6.45, 7) is 7.10. The van der Waals surface area contributed by atoms with Gasteiger partial charge in [0, 0.05) is 44.1 Å². The van der Waals surface area contributed by atoms with Crippen LogP contribution in [0.25, 0.3) is 0 Å². The van der Waals surface area contributed by atoms with Gasteiger partial charge in [0.15, 0.2) is 17.8 Å². The second-order valence-electron chi connectivity index (χ2n) is 18.2. The highest BCUT2D eigenvalue weighted by molar-refractivity contribution is 6.03. The number of amides is 1. The number of aliphatic hydroxyl groups is 2. The van der Waals surface area contributed by atoms with Crippen molar-refractivity contribution in [3.05, 3.63) is 95.6 Å². The topological polar surface area (TPSA) is 155 Å². The van der Waals surface area contributed by atoms with Crippen molar-refractivity contribution in [3.63, 3.8) is 0 Å². The Morgan fingerprint density at radius 3 is 2.45 bits per heavy atom. The molecule has 2 fully saturated rings. The number of aliphatic hydroxyl groups excluding tert-OH is 2. The smallest absolute Gasteiger partial charge is 0.239 e. The van der Waals surface area contributed by atoms with Crippen LogP contribution in [0.3, 0.4) is 0 Å². The molecule has 2 heterocycles. The number of carbonyl (C=O) groups excluding carboxylic acids is 2. The first-order valence-corrected chi connectivity index (χ1v) is 24.0. The summed E-state index contributed by atoms with van der Waals surface area (Å²) < 4.78 is 38.1. The minimum Gasteiger partial charge on any atom is -0.496 e. The molecule has 0 bridgehead atoms. The lowest BCUT2D eigenvalue weighted by Crippen LogP contribution is -2.70. The summed E-state index contributed by atoms with van der Waals surface area (Å²) in [6, 6.07) is 16.1. The number of methoxy groups -OCH3 is 1. The van der Waals surface area contributed by atoms with Crippen LogP contribution in [0.2, 0.25) is 0 Å². The molecule has 5 aliphatic rings. The van der Waals surface area contributed by atoms with Crippen LogP contribution >= 0.6 is 0 Å². The lowest BCUT2D eigenvalue weighted by molar-refractivity contribution is -0.258. The van der Waals surface area contributed by atoms with Crippen LogP contribution in [0.1, 0.15) is 118 Å². The molecule has 0 unspecified atom stereocenters. The maximum absolute atomic E-state index is 15.2. The molecule has 13 nitrogen and oxygen atoms in total. The fourth-order valence-corrected chi connectivity index (χ4v) is 11.2. The van der Waals surface area contributed by atoms with Gasteiger partial charge in [-0.25, -0.2) is 0 Å². The van der Waals surface area contributed by atoms with E-state index in [1.54, 1.807) is 24.3 Å². The van der Waals surface area contributed by atoms with Crippen molar-refractivity contribution in [2.45, 2.75) is 115 Å². The normalized spacial score (nSPS) is 24.5. The highest BCUT2D eigenvalue weighted by atomic mass is 16.7. The predicted molar refractivity (Wildman–Crippen MR) is 249 cm³/mol. The first-order valence-electron chi connectivity index (χ1n) is 24.0. The van der Waals surface area contributed by atoms with E-state index in [0.29, 0.717) is 78.3 Å². The second-order valence-corrected chi connectivity index (χ2v) is 18.2. The van der Waals surface area contributed by atoms with E-state index in [0.717, 1.165) is 73.6 Å². The third-order valence-corrected chi connectivity index (χ3v) is 14.2. The van der Waals surface area contributed by atoms with Crippen LogP contribution in [-0.4, -0.2) is 85.2 Å². The van der Waals surface area contributed by atoms with Gasteiger partial charge in [-0.3, -0.25) is 9.59 Å². The van der Waals surface area contributed by atoms with E-state index in [4.69, 9.17) is 38.4 Å². The van der Waals surface area contributed by atoms with E-state index in [-0.39, 0.29) is 56.8 Å². The molecule has 0 aromatic heterocycles. The zero-order valence-electron chi connectivity index (χ0n) is 38.5. The molecule has 0 radical (unpaired) electrons. The molecule has 66 heavy (non-hydrogen) atoms. The zero-order chi connectivity index (χ0) is 46.0. The van der Waals surface area contributed by atoms with Gasteiger partial charge in [0.25, 0.3) is 0 Å². The second kappa shape index (κ2) is 22.0. The van der Waals surface area contributed by atoms with Crippen LogP contribution in [0.4, 0.5) is 0 Å². The van der Waals surface area contributed by atoms with E-state index < -0.39 is 17.7 Å². The standard InChI is InChI=1S/C53H66N2O11/c1-4-26-63-53-49(55(50(59)23-17-35-12-6-7-13-35)32-36-16-20-47-48(27-36)62-34-61-47)31-44(54-64-5-2)42-29-37(14-8-10-24-56)41(15-9-11-25-57)51(52(42)53)43-30-40(19-22-46(43)66-53)65-39-18-21-45(60-3)38(28-39)33-58/h4,16,18-22,27-30,33,35,37,41,49,51-52,56-57H,1,5-15,17,23-26,31-32,34H2,2-3H3/t37-,41+,49-,51+,52+,53+/m0/s1. The number of allylic oxidation sites excluding steroid dienone is 1. The van der Waals surface area contributed by atoms with Crippen molar-refractivity contribution in [2.75, 3.05) is 40.3 Å². The summed E-state index contributed by atoms with van der Waals surface area (Å²) in [5.41, 5.74) is 3.89. The Kier molecular flexibility index (Phi) is 15.7. The number of nitrogens with zero attached hydrogens (tertiary/aromatic N) is 2. The molecule has 0 saturated heterocycles. The molecule has 0 spiro atoms. The number of oxime groups is 1. The molecule has 3 aromatic rings. The van der Waals surface area contributed by atoms with Crippen LogP contribution < -0.4 is 23.7 Å². The molecule has 3 aliphatic carbocycles. The van der Waals surface area contributed by atoms with Crippen LogP contribution in [0.5, 0.6) is 34.5 Å². The first kappa shape index (κ1) is 47.1. The van der Waals surface area contributed by atoms with Crippen LogP contribution in [0, 0.1) is 23.7 Å². The van der Waals surface area contributed by atoms with Crippen LogP contribution in [-0.2, 0) is 20.9 Å². The average Bonchev–Trinajstić information content (AvgIpc) is 4.05. The monoisotopic (exact) mass is 906 g/mol. The van der Waals surface area contributed by atoms with Crippen molar-refractivity contribution in [1.82, 2.24) is 4.90 Å². The molecular weight excluding hydrogens is 841 g/mol. The lowest BCUT2D eigenvalue weighted by atomic mass is 9.55. The third-order valence-electron chi connectivity index (χ3n) is 14.2. The van der Waals surface area contributed by atoms with Gasteiger partial charge in [-0.05, 0) is 116 Å². The zero-order valence-corrected chi connectivity index (χ0v) is 38.5. The molecule has 3 aromatic carbocycles. The number of hydrogen-bond acceptors (Lipinski definition) is 12. The van der Waals surface area contributed by atoms with E-state index in [9.17, 15) is 15.0 Å². The quantitative estimate of drug-likeness (QED) is 0.0405. The van der Waals surface area contributed by atoms with Gasteiger partial charge in [-0.1, -0.05) is 61.9 Å². The lowest BCUT2D eigenvalue weighted by Gasteiger charge is -2.60. The number of benzene rings is 3. The molecule has 1 amide bonds. The Balaban J connectivity index is 1.31. The Labute approximate surface area is 388 Å². The average molecular weight is 907 g/mol. The Hall–Kier alpha value is -5.37. The molecule has 354 valence electrons. The molecule has 2 saturated carbocycles. The van der Waals surface area contributed by atoms with Gasteiger partial charge in [0.2, 0.25) is 18.5 Å². The number of rotatable bonds is 23. The van der Waals surface area contributed by atoms with Gasteiger partial charge in [-0.2, -0.15) is 0 Å². The van der Waals surface area contributed by atoms with Crippen molar-refractivity contribution >= 4 is 17.9 Å². The third kappa shape index (κ3) is 9.99. The Morgan fingerprint density at radius 2 is 1.70 bits per heavy atom. The SMILES string of the molecule is C=CCO[C@@]12Oc3ccc(Oc4ccc(OC)c(C=O)c4)cc3[C@H]3[C@H](CCCCO)[C@@H](CCCCO)C=C(C(=NOCC)C[C@@H]1N(Cc1ccc4c(c1)OCO4)C(=O)CCC1CCCC1)[C@H]32. The number of fused-ring (bicyclic) bond motifs is 3. The fourth-order valence-electron chi connectivity index (χ4n) is 11.2. The largest absolute Gasteiger partial charge is 0.496 e. The fraction of sp³-hybridized carbons (Fsp3) is 0.528. The summed E-state index contributed by atoms with van der Waals surface area (Å²) in [4.78, 5) is 35.2. The summed E-state index contributed by atoms with van der Waals surface area (Å²) in [6.07, 6.45) is 15.5. The highest BCUT2D eigenvalue weighted by Gasteiger charge is 2.65. The van der Waals surface area contributed by atoms with Crippen LogP contribution in [0.15, 0.2) is 84.1 Å². The summed E-state index contributed by atoms with van der Waals surface area (Å²) >= 11 is 0.